The van der Waals surface area contributed by atoms with Crippen molar-refractivity contribution in [3.8, 4) is 0 Å². The lowest BCUT2D eigenvalue weighted by Gasteiger charge is -2.13. The van der Waals surface area contributed by atoms with Crippen molar-refractivity contribution >= 4 is 38.3 Å². The Morgan fingerprint density at radius 3 is 2.54 bits per heavy atom. The van der Waals surface area contributed by atoms with E-state index in [1.807, 2.05) is 0 Å². The summed E-state index contributed by atoms with van der Waals surface area (Å²) >= 11 is 0. The standard InChI is InChI=1S/C18H16N2O5S/c1-11-3-5-14(19-12(2)21)10-16(11)20-26(23,24)15-6-7-17-13(9-15)4-8-18(22)25-17/h3-10,20H,1-2H3,(H,19,21). The first-order valence-electron chi connectivity index (χ1n) is 7.69. The Morgan fingerprint density at radius 1 is 1.04 bits per heavy atom. The summed E-state index contributed by atoms with van der Waals surface area (Å²) in [5.74, 6) is -0.251. The van der Waals surface area contributed by atoms with Crippen LogP contribution in [0.4, 0.5) is 11.4 Å². The quantitative estimate of drug-likeness (QED) is 0.685. The van der Waals surface area contributed by atoms with Crippen molar-refractivity contribution in [1.29, 1.82) is 0 Å². The normalized spacial score (nSPS) is 11.3. The van der Waals surface area contributed by atoms with Crippen LogP contribution in [-0.2, 0) is 14.8 Å². The van der Waals surface area contributed by atoms with Gasteiger partial charge in [-0.15, -0.1) is 0 Å². The maximum absolute atomic E-state index is 12.7. The van der Waals surface area contributed by atoms with Crippen molar-refractivity contribution in [2.24, 2.45) is 0 Å². The summed E-state index contributed by atoms with van der Waals surface area (Å²) in [4.78, 5) is 22.4. The van der Waals surface area contributed by atoms with Gasteiger partial charge in [-0.25, -0.2) is 13.2 Å². The van der Waals surface area contributed by atoms with E-state index in [-0.39, 0.29) is 10.8 Å². The fraction of sp³-hybridized carbons (Fsp3) is 0.111. The zero-order valence-electron chi connectivity index (χ0n) is 14.1. The van der Waals surface area contributed by atoms with Crippen LogP contribution in [0.2, 0.25) is 0 Å². The second-order valence-electron chi connectivity index (χ2n) is 5.77. The van der Waals surface area contributed by atoms with E-state index in [0.717, 1.165) is 0 Å². The summed E-state index contributed by atoms with van der Waals surface area (Å²) in [6.45, 7) is 3.13. The molecule has 0 saturated carbocycles. The van der Waals surface area contributed by atoms with Gasteiger partial charge >= 0.3 is 5.63 Å². The molecule has 3 aromatic rings. The second-order valence-corrected chi connectivity index (χ2v) is 7.45. The van der Waals surface area contributed by atoms with E-state index in [9.17, 15) is 18.0 Å². The van der Waals surface area contributed by atoms with Crippen molar-refractivity contribution in [3.05, 3.63) is 64.5 Å². The molecule has 0 aliphatic rings. The lowest BCUT2D eigenvalue weighted by Crippen LogP contribution is -2.14. The molecule has 0 aliphatic carbocycles. The highest BCUT2D eigenvalue weighted by Crippen LogP contribution is 2.25. The molecule has 0 unspecified atom stereocenters. The molecular weight excluding hydrogens is 356 g/mol. The summed E-state index contributed by atoms with van der Waals surface area (Å²) in [5.41, 5.74) is 1.35. The Bertz CT molecular complexity index is 1170. The number of rotatable bonds is 4. The molecule has 2 aromatic carbocycles. The van der Waals surface area contributed by atoms with E-state index in [2.05, 4.69) is 10.0 Å². The van der Waals surface area contributed by atoms with Crippen molar-refractivity contribution in [2.45, 2.75) is 18.7 Å². The lowest BCUT2D eigenvalue weighted by molar-refractivity contribution is -0.114. The maximum atomic E-state index is 12.7. The van der Waals surface area contributed by atoms with E-state index in [1.165, 1.54) is 37.3 Å². The van der Waals surface area contributed by atoms with Gasteiger partial charge in [-0.3, -0.25) is 9.52 Å². The molecule has 0 saturated heterocycles. The minimum Gasteiger partial charge on any atom is -0.423 e. The van der Waals surface area contributed by atoms with Gasteiger partial charge in [0.25, 0.3) is 10.0 Å². The summed E-state index contributed by atoms with van der Waals surface area (Å²) in [7, 11) is -3.87. The van der Waals surface area contributed by atoms with Gasteiger partial charge in [0.2, 0.25) is 5.91 Å². The number of carbonyl (C=O) groups excluding carboxylic acids is 1. The Balaban J connectivity index is 1.97. The Labute approximate surface area is 149 Å². The molecule has 7 nitrogen and oxygen atoms in total. The van der Waals surface area contributed by atoms with Crippen LogP contribution >= 0.6 is 0 Å². The van der Waals surface area contributed by atoms with Gasteiger partial charge in [0.05, 0.1) is 10.6 Å². The summed E-state index contributed by atoms with van der Waals surface area (Å²) in [5, 5.41) is 3.11. The van der Waals surface area contributed by atoms with Crippen LogP contribution in [0.25, 0.3) is 11.0 Å². The smallest absolute Gasteiger partial charge is 0.336 e. The van der Waals surface area contributed by atoms with E-state index in [0.29, 0.717) is 27.9 Å². The second kappa shape index (κ2) is 6.64. The molecule has 0 fully saturated rings. The predicted octanol–water partition coefficient (Wildman–Crippen LogP) is 2.86. The number of hydrogen-bond acceptors (Lipinski definition) is 5. The number of carbonyl (C=O) groups is 1. The maximum Gasteiger partial charge on any atom is 0.336 e. The molecule has 2 N–H and O–H groups in total. The van der Waals surface area contributed by atoms with Gasteiger partial charge in [0, 0.05) is 24.1 Å². The third-order valence-corrected chi connectivity index (χ3v) is 5.07. The molecule has 0 radical (unpaired) electrons. The van der Waals surface area contributed by atoms with Crippen LogP contribution < -0.4 is 15.7 Å². The fourth-order valence-electron chi connectivity index (χ4n) is 2.43. The van der Waals surface area contributed by atoms with Crippen molar-refractivity contribution < 1.29 is 17.6 Å². The molecule has 0 spiro atoms. The molecular formula is C18H16N2O5S. The molecule has 1 heterocycles. The summed E-state index contributed by atoms with van der Waals surface area (Å²) in [6.07, 6.45) is 0. The molecule has 0 aliphatic heterocycles. The van der Waals surface area contributed by atoms with E-state index in [1.54, 1.807) is 25.1 Å². The first kappa shape index (κ1) is 17.7. The van der Waals surface area contributed by atoms with E-state index in [4.69, 9.17) is 4.42 Å². The van der Waals surface area contributed by atoms with Gasteiger partial charge in [0.1, 0.15) is 5.58 Å². The molecule has 26 heavy (non-hydrogen) atoms. The van der Waals surface area contributed by atoms with Gasteiger partial charge in [-0.1, -0.05) is 6.07 Å². The average molecular weight is 372 g/mol. The van der Waals surface area contributed by atoms with Crippen LogP contribution in [0.5, 0.6) is 0 Å². The third-order valence-electron chi connectivity index (χ3n) is 3.70. The zero-order valence-corrected chi connectivity index (χ0v) is 14.9. The molecule has 8 heteroatoms. The van der Waals surface area contributed by atoms with Gasteiger partial charge in [-0.05, 0) is 48.9 Å². The molecule has 1 amide bonds. The number of aryl methyl sites for hydroxylation is 1. The number of benzene rings is 2. The highest BCUT2D eigenvalue weighted by molar-refractivity contribution is 7.92. The summed E-state index contributed by atoms with van der Waals surface area (Å²) in [6, 6.07) is 11.9. The zero-order chi connectivity index (χ0) is 18.9. The monoisotopic (exact) mass is 372 g/mol. The lowest BCUT2D eigenvalue weighted by atomic mass is 10.2. The predicted molar refractivity (Wildman–Crippen MR) is 98.8 cm³/mol. The first-order valence-corrected chi connectivity index (χ1v) is 9.18. The average Bonchev–Trinajstić information content (AvgIpc) is 2.56. The van der Waals surface area contributed by atoms with Gasteiger partial charge in [0.15, 0.2) is 0 Å². The number of sulfonamides is 1. The van der Waals surface area contributed by atoms with Gasteiger partial charge < -0.3 is 9.73 Å². The van der Waals surface area contributed by atoms with Crippen molar-refractivity contribution in [3.63, 3.8) is 0 Å². The largest absolute Gasteiger partial charge is 0.423 e. The fourth-order valence-corrected chi connectivity index (χ4v) is 3.59. The van der Waals surface area contributed by atoms with Crippen LogP contribution in [0, 0.1) is 6.92 Å². The van der Waals surface area contributed by atoms with Crippen molar-refractivity contribution in [2.75, 3.05) is 10.0 Å². The minimum atomic E-state index is -3.87. The molecule has 134 valence electrons. The third kappa shape index (κ3) is 3.75. The molecule has 1 aromatic heterocycles. The van der Waals surface area contributed by atoms with E-state index >= 15 is 0 Å². The molecule has 3 rings (SSSR count). The summed E-state index contributed by atoms with van der Waals surface area (Å²) < 4.78 is 32.9. The first-order chi connectivity index (χ1) is 12.2. The minimum absolute atomic E-state index is 0.0307. The Morgan fingerprint density at radius 2 is 1.81 bits per heavy atom. The van der Waals surface area contributed by atoms with Crippen LogP contribution in [0.3, 0.4) is 0 Å². The van der Waals surface area contributed by atoms with Gasteiger partial charge in [-0.2, -0.15) is 0 Å². The molecule has 0 atom stereocenters. The number of hydrogen-bond donors (Lipinski definition) is 2. The van der Waals surface area contributed by atoms with Crippen LogP contribution in [0.1, 0.15) is 12.5 Å². The number of amides is 1. The highest BCUT2D eigenvalue weighted by Gasteiger charge is 2.17. The van der Waals surface area contributed by atoms with Crippen LogP contribution in [0.15, 0.2) is 62.6 Å². The molecule has 0 bridgehead atoms. The number of anilines is 2. The van der Waals surface area contributed by atoms with Crippen molar-refractivity contribution in [1.82, 2.24) is 0 Å². The van der Waals surface area contributed by atoms with Crippen LogP contribution in [-0.4, -0.2) is 14.3 Å². The Hall–Kier alpha value is -3.13. The highest BCUT2D eigenvalue weighted by atomic mass is 32.2. The topological polar surface area (TPSA) is 105 Å². The Kier molecular flexibility index (Phi) is 4.52. The SMILES string of the molecule is CC(=O)Nc1ccc(C)c(NS(=O)(=O)c2ccc3oc(=O)ccc3c2)c1. The number of fused-ring (bicyclic) bond motifs is 1. The van der Waals surface area contributed by atoms with E-state index < -0.39 is 15.6 Å². The number of nitrogens with one attached hydrogen (secondary N) is 2.